The number of aromatic nitrogens is 3. The summed E-state index contributed by atoms with van der Waals surface area (Å²) in [5, 5.41) is 12.1. The molecule has 1 aliphatic heterocycles. The van der Waals surface area contributed by atoms with Gasteiger partial charge in [-0.25, -0.2) is 15.0 Å². The molecule has 0 bridgehead atoms. The van der Waals surface area contributed by atoms with Gasteiger partial charge < -0.3 is 10.1 Å². The number of carbonyl (C=O) groups is 2. The van der Waals surface area contributed by atoms with Crippen LogP contribution in [0.15, 0.2) is 42.7 Å². The van der Waals surface area contributed by atoms with Crippen molar-refractivity contribution in [3.05, 3.63) is 64.2 Å². The van der Waals surface area contributed by atoms with Gasteiger partial charge in [0.05, 0.1) is 33.6 Å². The minimum absolute atomic E-state index is 0.125. The summed E-state index contributed by atoms with van der Waals surface area (Å²) < 4.78 is 5.64. The zero-order valence-corrected chi connectivity index (χ0v) is 18.1. The number of amides is 2. The van der Waals surface area contributed by atoms with Crippen LogP contribution < -0.4 is 15.0 Å². The number of nitrogens with one attached hydrogen (secondary N) is 1. The number of nitriles is 1. The van der Waals surface area contributed by atoms with Crippen molar-refractivity contribution in [3.8, 4) is 23.1 Å². The highest BCUT2D eigenvalue weighted by atomic mass is 35.5. The van der Waals surface area contributed by atoms with Gasteiger partial charge in [0.2, 0.25) is 5.82 Å². The molecule has 1 atom stereocenters. The number of hydrogen-bond donors (Lipinski definition) is 1. The number of hydrogen-bond acceptors (Lipinski definition) is 7. The summed E-state index contributed by atoms with van der Waals surface area (Å²) in [6.07, 6.45) is 2.70. The smallest absolute Gasteiger partial charge is 0.289 e. The maximum Gasteiger partial charge on any atom is 0.289 e. The minimum atomic E-state index is -1.00. The largest absolute Gasteiger partial charge is 0.487 e. The summed E-state index contributed by atoms with van der Waals surface area (Å²) >= 11 is 12.2. The van der Waals surface area contributed by atoms with Gasteiger partial charge in [0.15, 0.2) is 11.6 Å². The normalized spacial score (nSPS) is 15.2. The summed E-state index contributed by atoms with van der Waals surface area (Å²) in [7, 11) is 1.53. The van der Waals surface area contributed by atoms with Crippen molar-refractivity contribution in [1.29, 1.82) is 5.26 Å². The molecule has 11 heteroatoms. The Balaban J connectivity index is 1.56. The molecule has 0 spiro atoms. The van der Waals surface area contributed by atoms with Crippen molar-refractivity contribution in [3.63, 3.8) is 0 Å². The molecule has 0 saturated heterocycles. The number of carbonyl (C=O) groups excluding carboxylic acids is 2. The summed E-state index contributed by atoms with van der Waals surface area (Å²) in [5.41, 5.74) is 1.41. The van der Waals surface area contributed by atoms with E-state index in [0.29, 0.717) is 33.4 Å². The van der Waals surface area contributed by atoms with Crippen molar-refractivity contribution in [2.45, 2.75) is 6.04 Å². The monoisotopic (exact) mass is 468 g/mol. The zero-order valence-electron chi connectivity index (χ0n) is 16.5. The molecule has 0 radical (unpaired) electrons. The molecular formula is C21H14Cl2N6O3. The molecule has 0 fully saturated rings. The molecule has 9 nitrogen and oxygen atoms in total. The predicted octanol–water partition coefficient (Wildman–Crippen LogP) is 2.87. The third kappa shape index (κ3) is 4.19. The van der Waals surface area contributed by atoms with Crippen molar-refractivity contribution in [2.75, 3.05) is 18.6 Å². The van der Waals surface area contributed by atoms with E-state index in [-0.39, 0.29) is 17.5 Å². The Morgan fingerprint density at radius 3 is 2.72 bits per heavy atom. The molecule has 0 aliphatic carbocycles. The van der Waals surface area contributed by atoms with E-state index in [1.165, 1.54) is 24.3 Å². The van der Waals surface area contributed by atoms with Gasteiger partial charge >= 0.3 is 0 Å². The van der Waals surface area contributed by atoms with Crippen LogP contribution in [0, 0.1) is 11.3 Å². The second kappa shape index (κ2) is 8.78. The van der Waals surface area contributed by atoms with Gasteiger partial charge in [0.25, 0.3) is 11.8 Å². The molecule has 0 saturated carbocycles. The fourth-order valence-electron chi connectivity index (χ4n) is 3.06. The molecule has 2 amide bonds. The SMILES string of the molecule is CN1C(=O)C(NC(=O)c2ncc(Cl)c(-c3ccc(C#N)cc3)n2)COc2cc(Cl)cnc21. The second-order valence-electron chi connectivity index (χ2n) is 6.79. The molecule has 3 heterocycles. The van der Waals surface area contributed by atoms with E-state index in [2.05, 4.69) is 20.3 Å². The van der Waals surface area contributed by atoms with E-state index >= 15 is 0 Å². The van der Waals surface area contributed by atoms with E-state index in [1.807, 2.05) is 6.07 Å². The van der Waals surface area contributed by atoms with E-state index < -0.39 is 17.9 Å². The lowest BCUT2D eigenvalue weighted by Crippen LogP contribution is -2.49. The van der Waals surface area contributed by atoms with Gasteiger partial charge in [-0.1, -0.05) is 35.3 Å². The highest BCUT2D eigenvalue weighted by Crippen LogP contribution is 2.30. The molecule has 32 heavy (non-hydrogen) atoms. The maximum atomic E-state index is 12.8. The molecule has 2 aromatic heterocycles. The van der Waals surface area contributed by atoms with Crippen LogP contribution >= 0.6 is 23.2 Å². The van der Waals surface area contributed by atoms with E-state index in [1.54, 1.807) is 30.3 Å². The van der Waals surface area contributed by atoms with Crippen molar-refractivity contribution in [1.82, 2.24) is 20.3 Å². The van der Waals surface area contributed by atoms with E-state index in [9.17, 15) is 9.59 Å². The van der Waals surface area contributed by atoms with Crippen LogP contribution in [0.1, 0.15) is 16.2 Å². The topological polar surface area (TPSA) is 121 Å². The lowest BCUT2D eigenvalue weighted by molar-refractivity contribution is -0.120. The number of anilines is 1. The maximum absolute atomic E-state index is 12.8. The molecule has 1 aliphatic rings. The van der Waals surface area contributed by atoms with E-state index in [0.717, 1.165) is 0 Å². The van der Waals surface area contributed by atoms with E-state index in [4.69, 9.17) is 33.2 Å². The van der Waals surface area contributed by atoms with Gasteiger partial charge in [0.1, 0.15) is 12.6 Å². The Morgan fingerprint density at radius 2 is 2.00 bits per heavy atom. The molecule has 3 aromatic rings. The van der Waals surface area contributed by atoms with Crippen LogP contribution in [0.4, 0.5) is 5.82 Å². The second-order valence-corrected chi connectivity index (χ2v) is 7.63. The first-order valence-electron chi connectivity index (χ1n) is 9.27. The first kappa shape index (κ1) is 21.5. The number of rotatable bonds is 3. The highest BCUT2D eigenvalue weighted by molar-refractivity contribution is 6.33. The Hall–Kier alpha value is -3.74. The summed E-state index contributed by atoms with van der Waals surface area (Å²) in [6.45, 7) is -0.125. The number of pyridine rings is 1. The predicted molar refractivity (Wildman–Crippen MR) is 117 cm³/mol. The first-order chi connectivity index (χ1) is 15.4. The quantitative estimate of drug-likeness (QED) is 0.626. The third-order valence-electron chi connectivity index (χ3n) is 4.69. The van der Waals surface area contributed by atoms with Gasteiger partial charge in [-0.15, -0.1) is 0 Å². The number of benzene rings is 1. The lowest BCUT2D eigenvalue weighted by Gasteiger charge is -2.19. The summed E-state index contributed by atoms with van der Waals surface area (Å²) in [5.74, 6) is -0.651. The number of fused-ring (bicyclic) bond motifs is 1. The summed E-state index contributed by atoms with van der Waals surface area (Å²) in [4.78, 5) is 39.3. The van der Waals surface area contributed by atoms with Gasteiger partial charge in [-0.3, -0.25) is 14.5 Å². The van der Waals surface area contributed by atoms with Crippen molar-refractivity contribution >= 4 is 40.8 Å². The zero-order chi connectivity index (χ0) is 22.8. The molecule has 4 rings (SSSR count). The first-order valence-corrected chi connectivity index (χ1v) is 10.0. The van der Waals surface area contributed by atoms with Gasteiger partial charge in [-0.05, 0) is 12.1 Å². The fourth-order valence-corrected chi connectivity index (χ4v) is 3.41. The Bertz CT molecular complexity index is 1260. The number of nitrogens with zero attached hydrogens (tertiary/aromatic N) is 5. The van der Waals surface area contributed by atoms with Crippen LogP contribution in [-0.2, 0) is 4.79 Å². The van der Waals surface area contributed by atoms with Crippen LogP contribution in [0.3, 0.4) is 0 Å². The average Bonchev–Trinajstić information content (AvgIpc) is 2.91. The van der Waals surface area contributed by atoms with Gasteiger partial charge in [0, 0.05) is 24.9 Å². The number of ether oxygens (including phenoxy) is 1. The lowest BCUT2D eigenvalue weighted by atomic mass is 10.1. The Labute approximate surface area is 192 Å². The standard InChI is InChI=1S/C21H14Cl2N6O3/c1-29-19-16(6-13(22)8-26-19)32-10-15(21(29)31)27-20(30)18-25-9-14(23)17(28-18)12-4-2-11(7-24)3-5-12/h2-6,8-9,15H,10H2,1H3,(H,27,30). The number of halogens is 2. The molecule has 1 unspecified atom stereocenters. The van der Waals surface area contributed by atoms with Crippen LogP contribution in [0.2, 0.25) is 10.0 Å². The molecule has 1 N–H and O–H groups in total. The fraction of sp³-hybridized carbons (Fsp3) is 0.143. The number of likely N-dealkylation sites (N-methyl/N-ethyl adjacent to an activating group) is 1. The molecule has 160 valence electrons. The third-order valence-corrected chi connectivity index (χ3v) is 5.17. The van der Waals surface area contributed by atoms with Crippen LogP contribution in [0.25, 0.3) is 11.3 Å². The Morgan fingerprint density at radius 1 is 1.25 bits per heavy atom. The summed E-state index contributed by atoms with van der Waals surface area (Å²) in [6, 6.07) is 9.14. The van der Waals surface area contributed by atoms with Crippen LogP contribution in [-0.4, -0.2) is 46.5 Å². The van der Waals surface area contributed by atoms with Gasteiger partial charge in [-0.2, -0.15) is 5.26 Å². The molecular weight excluding hydrogens is 455 g/mol. The minimum Gasteiger partial charge on any atom is -0.487 e. The highest BCUT2D eigenvalue weighted by Gasteiger charge is 2.32. The average molecular weight is 469 g/mol. The Kier molecular flexibility index (Phi) is 5.90. The van der Waals surface area contributed by atoms with Crippen molar-refractivity contribution in [2.24, 2.45) is 0 Å². The molecule has 1 aromatic carbocycles. The van der Waals surface area contributed by atoms with Crippen LogP contribution in [0.5, 0.6) is 5.75 Å². The van der Waals surface area contributed by atoms with Crippen molar-refractivity contribution < 1.29 is 14.3 Å².